The first-order valence-electron chi connectivity index (χ1n) is 10.8. The quantitative estimate of drug-likeness (QED) is 0.793. The molecule has 3 rings (SSSR count). The van der Waals surface area contributed by atoms with Gasteiger partial charge in [0.25, 0.3) is 5.91 Å². The number of benzene rings is 1. The Morgan fingerprint density at radius 2 is 1.86 bits per heavy atom. The van der Waals surface area contributed by atoms with Gasteiger partial charge in [-0.25, -0.2) is 4.79 Å². The first-order valence-corrected chi connectivity index (χ1v) is 10.8. The van der Waals surface area contributed by atoms with E-state index in [0.717, 1.165) is 25.7 Å². The van der Waals surface area contributed by atoms with Crippen molar-refractivity contribution in [3.63, 3.8) is 0 Å². The van der Waals surface area contributed by atoms with Crippen molar-refractivity contribution in [3.05, 3.63) is 29.8 Å². The van der Waals surface area contributed by atoms with Gasteiger partial charge in [0.2, 0.25) is 0 Å². The maximum absolute atomic E-state index is 12.9. The van der Waals surface area contributed by atoms with Crippen LogP contribution in [-0.2, 0) is 4.74 Å². The Bertz CT molecular complexity index is 724. The smallest absolute Gasteiger partial charge is 0.410 e. The number of likely N-dealkylation sites (tertiary alicyclic amines) is 1. The predicted molar refractivity (Wildman–Crippen MR) is 112 cm³/mol. The minimum atomic E-state index is -0.506. The molecule has 1 aromatic carbocycles. The number of ether oxygens (including phenoxy) is 2. The molecular formula is C23H34N2O4. The Morgan fingerprint density at radius 3 is 2.52 bits per heavy atom. The molecule has 0 spiro atoms. The highest BCUT2D eigenvalue weighted by Gasteiger charge is 2.31. The molecule has 0 radical (unpaired) electrons. The van der Waals surface area contributed by atoms with Gasteiger partial charge in [0, 0.05) is 19.1 Å². The van der Waals surface area contributed by atoms with E-state index in [2.05, 4.69) is 5.32 Å². The van der Waals surface area contributed by atoms with Gasteiger partial charge in [-0.2, -0.15) is 0 Å². The molecular weight excluding hydrogens is 368 g/mol. The molecule has 1 aliphatic carbocycles. The van der Waals surface area contributed by atoms with Crippen LogP contribution in [0, 0.1) is 5.92 Å². The molecule has 2 atom stereocenters. The summed E-state index contributed by atoms with van der Waals surface area (Å²) in [4.78, 5) is 27.1. The number of carbonyl (C=O) groups excluding carboxylic acids is 2. The summed E-state index contributed by atoms with van der Waals surface area (Å²) >= 11 is 0. The van der Waals surface area contributed by atoms with E-state index in [4.69, 9.17) is 9.47 Å². The van der Waals surface area contributed by atoms with Crippen molar-refractivity contribution in [2.45, 2.75) is 77.5 Å². The second-order valence-corrected chi connectivity index (χ2v) is 9.26. The van der Waals surface area contributed by atoms with Crippen molar-refractivity contribution in [2.24, 2.45) is 5.92 Å². The lowest BCUT2D eigenvalue weighted by molar-refractivity contribution is 0.0150. The summed E-state index contributed by atoms with van der Waals surface area (Å²) in [6.45, 7) is 8.92. The second-order valence-electron chi connectivity index (χ2n) is 9.26. The van der Waals surface area contributed by atoms with Crippen molar-refractivity contribution in [3.8, 4) is 5.75 Å². The van der Waals surface area contributed by atoms with E-state index in [1.807, 2.05) is 52.0 Å². The Kier molecular flexibility index (Phi) is 6.70. The molecule has 0 unspecified atom stereocenters. The van der Waals surface area contributed by atoms with E-state index in [1.54, 1.807) is 4.90 Å². The number of amides is 2. The van der Waals surface area contributed by atoms with Crippen LogP contribution in [-0.4, -0.2) is 47.7 Å². The van der Waals surface area contributed by atoms with Crippen molar-refractivity contribution < 1.29 is 19.1 Å². The third kappa shape index (κ3) is 5.87. The lowest BCUT2D eigenvalue weighted by atomic mass is 9.91. The van der Waals surface area contributed by atoms with E-state index < -0.39 is 5.60 Å². The average Bonchev–Trinajstić information content (AvgIpc) is 2.63. The molecule has 1 saturated heterocycles. The molecule has 2 aliphatic rings. The molecule has 6 heteroatoms. The molecule has 2 fully saturated rings. The number of nitrogens with zero attached hydrogens (tertiary/aromatic N) is 1. The van der Waals surface area contributed by atoms with Crippen LogP contribution in [0.25, 0.3) is 0 Å². The van der Waals surface area contributed by atoms with Gasteiger partial charge < -0.3 is 19.7 Å². The zero-order valence-corrected chi connectivity index (χ0v) is 18.1. The highest BCUT2D eigenvalue weighted by atomic mass is 16.6. The van der Waals surface area contributed by atoms with Crippen LogP contribution >= 0.6 is 0 Å². The van der Waals surface area contributed by atoms with Gasteiger partial charge in [-0.15, -0.1) is 0 Å². The number of rotatable bonds is 5. The monoisotopic (exact) mass is 402 g/mol. The molecule has 6 nitrogen and oxygen atoms in total. The molecule has 1 heterocycles. The highest BCUT2D eigenvalue weighted by Crippen LogP contribution is 2.28. The summed E-state index contributed by atoms with van der Waals surface area (Å²) in [5.41, 5.74) is 0.0691. The summed E-state index contributed by atoms with van der Waals surface area (Å²) in [7, 11) is 0. The van der Waals surface area contributed by atoms with Gasteiger partial charge >= 0.3 is 6.09 Å². The molecule has 1 N–H and O–H groups in total. The highest BCUT2D eigenvalue weighted by molar-refractivity contribution is 5.97. The second kappa shape index (κ2) is 9.06. The van der Waals surface area contributed by atoms with Crippen molar-refractivity contribution in [1.29, 1.82) is 0 Å². The fraction of sp³-hybridized carbons (Fsp3) is 0.652. The molecule has 0 aromatic heterocycles. The van der Waals surface area contributed by atoms with Gasteiger partial charge in [-0.05, 0) is 77.8 Å². The van der Waals surface area contributed by atoms with Crippen LogP contribution in [0.5, 0.6) is 5.75 Å². The zero-order valence-electron chi connectivity index (χ0n) is 18.1. The van der Waals surface area contributed by atoms with Crippen LogP contribution < -0.4 is 10.1 Å². The van der Waals surface area contributed by atoms with E-state index in [9.17, 15) is 9.59 Å². The minimum Gasteiger partial charge on any atom is -0.490 e. The largest absolute Gasteiger partial charge is 0.490 e. The number of para-hydroxylation sites is 1. The summed E-state index contributed by atoms with van der Waals surface area (Å²) in [6.07, 6.45) is 5.12. The first-order chi connectivity index (χ1) is 13.7. The van der Waals surface area contributed by atoms with Gasteiger partial charge in [0.1, 0.15) is 11.4 Å². The van der Waals surface area contributed by atoms with Gasteiger partial charge in [0.05, 0.1) is 11.7 Å². The lowest BCUT2D eigenvalue weighted by Crippen LogP contribution is -2.49. The zero-order chi connectivity index (χ0) is 21.0. The molecule has 0 bridgehead atoms. The van der Waals surface area contributed by atoms with Gasteiger partial charge in [-0.1, -0.05) is 12.1 Å². The SMILES string of the molecule is C[C@H](NC(=O)c1ccccc1OC1CCC1)[C@@H]1CCCN(C(=O)OC(C)(C)C)C1. The predicted octanol–water partition coefficient (Wildman–Crippen LogP) is 4.38. The minimum absolute atomic E-state index is 0.0514. The van der Waals surface area contributed by atoms with E-state index in [1.165, 1.54) is 6.42 Å². The summed E-state index contributed by atoms with van der Waals surface area (Å²) in [5, 5.41) is 3.13. The Balaban J connectivity index is 1.59. The van der Waals surface area contributed by atoms with E-state index in [0.29, 0.717) is 24.4 Å². The number of piperidine rings is 1. The Hall–Kier alpha value is -2.24. The summed E-state index contributed by atoms with van der Waals surface area (Å²) in [6, 6.07) is 7.38. The van der Waals surface area contributed by atoms with Crippen LogP contribution in [0.3, 0.4) is 0 Å². The summed E-state index contributed by atoms with van der Waals surface area (Å²) in [5.74, 6) is 0.725. The summed E-state index contributed by atoms with van der Waals surface area (Å²) < 4.78 is 11.5. The Labute approximate surface area is 173 Å². The van der Waals surface area contributed by atoms with Crippen molar-refractivity contribution in [1.82, 2.24) is 10.2 Å². The topological polar surface area (TPSA) is 67.9 Å². The molecule has 29 heavy (non-hydrogen) atoms. The number of carbonyl (C=O) groups is 2. The normalized spacial score (nSPS) is 21.1. The number of hydrogen-bond donors (Lipinski definition) is 1. The van der Waals surface area contributed by atoms with Gasteiger partial charge in [0.15, 0.2) is 0 Å². The third-order valence-electron chi connectivity index (χ3n) is 5.65. The molecule has 160 valence electrons. The van der Waals surface area contributed by atoms with Crippen LogP contribution in [0.4, 0.5) is 4.79 Å². The Morgan fingerprint density at radius 1 is 1.14 bits per heavy atom. The van der Waals surface area contributed by atoms with Crippen LogP contribution in [0.2, 0.25) is 0 Å². The number of hydrogen-bond acceptors (Lipinski definition) is 4. The fourth-order valence-corrected chi connectivity index (χ4v) is 3.74. The maximum atomic E-state index is 12.9. The number of nitrogens with one attached hydrogen (secondary N) is 1. The standard InChI is InChI=1S/C23H34N2O4/c1-16(17-9-8-14-25(15-17)22(27)29-23(2,3)4)24-21(26)19-12-5-6-13-20(19)28-18-10-7-11-18/h5-6,12-13,16-18H,7-11,14-15H2,1-4H3,(H,24,26)/t16-,17+/m0/s1. The van der Waals surface area contributed by atoms with E-state index >= 15 is 0 Å². The fourth-order valence-electron chi connectivity index (χ4n) is 3.74. The van der Waals surface area contributed by atoms with Crippen molar-refractivity contribution >= 4 is 12.0 Å². The molecule has 2 amide bonds. The lowest BCUT2D eigenvalue weighted by Gasteiger charge is -2.36. The van der Waals surface area contributed by atoms with Crippen molar-refractivity contribution in [2.75, 3.05) is 13.1 Å². The van der Waals surface area contributed by atoms with E-state index in [-0.39, 0.29) is 30.1 Å². The molecule has 1 aliphatic heterocycles. The molecule has 1 aromatic rings. The average molecular weight is 403 g/mol. The first kappa shape index (κ1) is 21.5. The van der Waals surface area contributed by atoms with Gasteiger partial charge in [-0.3, -0.25) is 4.79 Å². The maximum Gasteiger partial charge on any atom is 0.410 e. The third-order valence-corrected chi connectivity index (χ3v) is 5.65. The van der Waals surface area contributed by atoms with Crippen LogP contribution in [0.1, 0.15) is 70.2 Å². The van der Waals surface area contributed by atoms with Crippen LogP contribution in [0.15, 0.2) is 24.3 Å². The molecule has 1 saturated carbocycles.